The monoisotopic (exact) mass is 373 g/mol. The number of rotatable bonds is 4. The van der Waals surface area contributed by atoms with E-state index < -0.39 is 0 Å². The normalized spacial score (nSPS) is 30.4. The summed E-state index contributed by atoms with van der Waals surface area (Å²) >= 11 is 0. The van der Waals surface area contributed by atoms with Crippen molar-refractivity contribution in [2.24, 2.45) is 0 Å². The Labute approximate surface area is 161 Å². The van der Waals surface area contributed by atoms with Crippen molar-refractivity contribution in [1.29, 1.82) is 0 Å². The molecule has 3 fully saturated rings. The molecule has 2 N–H and O–H groups in total. The first-order valence-electron chi connectivity index (χ1n) is 10.2. The Hall–Kier alpha value is -1.54. The van der Waals surface area contributed by atoms with Crippen molar-refractivity contribution in [2.75, 3.05) is 32.8 Å². The minimum absolute atomic E-state index is 0.0874. The van der Waals surface area contributed by atoms with Crippen LogP contribution in [0, 0.1) is 13.8 Å². The molecule has 1 amide bonds. The fourth-order valence-electron chi connectivity index (χ4n) is 4.70. The van der Waals surface area contributed by atoms with Crippen LogP contribution in [0.15, 0.2) is 12.1 Å². The largest absolute Gasteiger partial charge is 0.379 e. The van der Waals surface area contributed by atoms with Gasteiger partial charge < -0.3 is 10.1 Å². The summed E-state index contributed by atoms with van der Waals surface area (Å²) in [7, 11) is 0. The molecule has 1 aromatic heterocycles. The topological polar surface area (TPSA) is 69.7 Å². The third-order valence-electron chi connectivity index (χ3n) is 5.88. The predicted molar refractivity (Wildman–Crippen MR) is 103 cm³/mol. The fourth-order valence-corrected chi connectivity index (χ4v) is 4.70. The van der Waals surface area contributed by atoms with Crippen LogP contribution in [-0.4, -0.2) is 72.0 Å². The second-order valence-electron chi connectivity index (χ2n) is 8.00. The van der Waals surface area contributed by atoms with E-state index in [1.54, 1.807) is 0 Å². The van der Waals surface area contributed by atoms with Crippen molar-refractivity contribution < 1.29 is 9.53 Å². The third kappa shape index (κ3) is 4.48. The molecule has 7 heteroatoms. The van der Waals surface area contributed by atoms with Crippen LogP contribution in [0.1, 0.15) is 36.2 Å². The quantitative estimate of drug-likeness (QED) is 0.812. The van der Waals surface area contributed by atoms with E-state index in [2.05, 4.69) is 51.4 Å². The first-order valence-corrected chi connectivity index (χ1v) is 10.2. The van der Waals surface area contributed by atoms with Crippen LogP contribution in [0.5, 0.6) is 0 Å². The number of aryl methyl sites for hydroxylation is 2. The number of carbonyl (C=O) groups is 1. The molecule has 4 heterocycles. The van der Waals surface area contributed by atoms with Crippen molar-refractivity contribution in [3.63, 3.8) is 0 Å². The van der Waals surface area contributed by atoms with Gasteiger partial charge in [-0.15, -0.1) is 0 Å². The van der Waals surface area contributed by atoms with Crippen molar-refractivity contribution in [2.45, 2.75) is 58.0 Å². The molecule has 0 saturated carbocycles. The summed E-state index contributed by atoms with van der Waals surface area (Å²) in [6, 6.07) is 4.81. The number of amides is 1. The first kappa shape index (κ1) is 18.8. The second-order valence-corrected chi connectivity index (χ2v) is 8.00. The smallest absolute Gasteiger partial charge is 0.225 e. The number of aromatic nitrogens is 1. The highest BCUT2D eigenvalue weighted by Gasteiger charge is 2.37. The average molecular weight is 374 g/mol. The minimum Gasteiger partial charge on any atom is -0.379 e. The number of nitrogens with one attached hydrogen (secondary N) is 2. The van der Waals surface area contributed by atoms with E-state index >= 15 is 0 Å². The Morgan fingerprint density at radius 3 is 2.67 bits per heavy atom. The van der Waals surface area contributed by atoms with Gasteiger partial charge >= 0.3 is 0 Å². The summed E-state index contributed by atoms with van der Waals surface area (Å²) in [6.07, 6.45) is 3.86. The maximum absolute atomic E-state index is 12.4. The lowest BCUT2D eigenvalue weighted by Gasteiger charge is -2.44. The molecule has 0 aliphatic carbocycles. The molecule has 4 rings (SSSR count). The van der Waals surface area contributed by atoms with Crippen molar-refractivity contribution >= 4 is 5.91 Å². The van der Waals surface area contributed by atoms with E-state index in [0.29, 0.717) is 12.5 Å². The highest BCUT2D eigenvalue weighted by atomic mass is 16.5. The van der Waals surface area contributed by atoms with E-state index in [-0.39, 0.29) is 18.4 Å². The molecule has 0 spiro atoms. The molecular weight excluding hydrogens is 342 g/mol. The summed E-state index contributed by atoms with van der Waals surface area (Å²) < 4.78 is 5.46. The molecule has 1 aromatic rings. The van der Waals surface area contributed by atoms with Gasteiger partial charge in [0.1, 0.15) is 6.29 Å². The van der Waals surface area contributed by atoms with Crippen LogP contribution >= 0.6 is 0 Å². The average Bonchev–Trinajstić information content (AvgIpc) is 3.09. The van der Waals surface area contributed by atoms with Crippen molar-refractivity contribution in [3.05, 3.63) is 29.1 Å². The molecule has 148 valence electrons. The van der Waals surface area contributed by atoms with Gasteiger partial charge in [-0.05, 0) is 50.8 Å². The molecule has 3 saturated heterocycles. The Morgan fingerprint density at radius 2 is 1.93 bits per heavy atom. The molecular formula is C20H31N5O2. The van der Waals surface area contributed by atoms with E-state index in [1.165, 1.54) is 12.0 Å². The predicted octanol–water partition coefficient (Wildman–Crippen LogP) is 0.757. The molecule has 7 nitrogen and oxygen atoms in total. The van der Waals surface area contributed by atoms with Crippen LogP contribution in [0.25, 0.3) is 0 Å². The Kier molecular flexibility index (Phi) is 5.73. The standard InChI is InChI=1S/C20H31N5O2/c1-14-10-16(11-15(2)21-14)12-17-4-3-5-25(17)20-22-18(13-19(26)23-20)24-6-8-27-9-7-24/h10-11,17-18,20,22H,3-9,12-13H2,1-2H3,(H,23,26)/t17-,18?,20?/m1/s1. The van der Waals surface area contributed by atoms with Gasteiger partial charge in [0.05, 0.1) is 25.8 Å². The number of morpholine rings is 1. The van der Waals surface area contributed by atoms with E-state index in [0.717, 1.165) is 57.1 Å². The summed E-state index contributed by atoms with van der Waals surface area (Å²) in [4.78, 5) is 21.7. The zero-order chi connectivity index (χ0) is 18.8. The number of pyridine rings is 1. The number of carbonyl (C=O) groups excluding carboxylic acids is 1. The summed E-state index contributed by atoms with van der Waals surface area (Å²) in [5.74, 6) is 0.136. The maximum atomic E-state index is 12.4. The summed E-state index contributed by atoms with van der Waals surface area (Å²) in [5, 5.41) is 6.86. The summed E-state index contributed by atoms with van der Waals surface area (Å²) in [6.45, 7) is 8.39. The highest BCUT2D eigenvalue weighted by molar-refractivity contribution is 5.77. The number of hydrogen-bond donors (Lipinski definition) is 2. The van der Waals surface area contributed by atoms with Gasteiger partial charge in [0, 0.05) is 37.1 Å². The Balaban J connectivity index is 1.44. The van der Waals surface area contributed by atoms with Crippen LogP contribution in [0.4, 0.5) is 0 Å². The van der Waals surface area contributed by atoms with Crippen LogP contribution in [0.2, 0.25) is 0 Å². The van der Waals surface area contributed by atoms with Gasteiger partial charge in [-0.1, -0.05) is 0 Å². The van der Waals surface area contributed by atoms with Crippen molar-refractivity contribution in [1.82, 2.24) is 25.4 Å². The fraction of sp³-hybridized carbons (Fsp3) is 0.700. The van der Waals surface area contributed by atoms with E-state index in [1.807, 2.05) is 0 Å². The molecule has 3 aliphatic heterocycles. The minimum atomic E-state index is -0.0874. The molecule has 3 atom stereocenters. The zero-order valence-corrected chi connectivity index (χ0v) is 16.4. The maximum Gasteiger partial charge on any atom is 0.225 e. The van der Waals surface area contributed by atoms with Gasteiger partial charge in [0.25, 0.3) is 0 Å². The highest BCUT2D eigenvalue weighted by Crippen LogP contribution is 2.24. The third-order valence-corrected chi connectivity index (χ3v) is 5.88. The van der Waals surface area contributed by atoms with Gasteiger partial charge in [0.2, 0.25) is 5.91 Å². The number of likely N-dealkylation sites (tertiary alicyclic amines) is 1. The van der Waals surface area contributed by atoms with Crippen LogP contribution in [0.3, 0.4) is 0 Å². The SMILES string of the molecule is Cc1cc(C[C@H]2CCCN2C2NC(=O)CC(N3CCOCC3)N2)cc(C)n1. The first-order chi connectivity index (χ1) is 13.1. The van der Waals surface area contributed by atoms with Crippen molar-refractivity contribution in [3.8, 4) is 0 Å². The Morgan fingerprint density at radius 1 is 1.19 bits per heavy atom. The second kappa shape index (κ2) is 8.22. The molecule has 0 bridgehead atoms. The lowest BCUT2D eigenvalue weighted by molar-refractivity contribution is -0.131. The van der Waals surface area contributed by atoms with Crippen LogP contribution < -0.4 is 10.6 Å². The number of nitrogens with zero attached hydrogens (tertiary/aromatic N) is 3. The van der Waals surface area contributed by atoms with Gasteiger partial charge in [-0.3, -0.25) is 24.9 Å². The summed E-state index contributed by atoms with van der Waals surface area (Å²) in [5.41, 5.74) is 3.49. The van der Waals surface area contributed by atoms with E-state index in [9.17, 15) is 4.79 Å². The molecule has 2 unspecified atom stereocenters. The van der Waals surface area contributed by atoms with Gasteiger partial charge in [-0.25, -0.2) is 0 Å². The van der Waals surface area contributed by atoms with E-state index in [4.69, 9.17) is 4.74 Å². The zero-order valence-electron chi connectivity index (χ0n) is 16.4. The molecule has 27 heavy (non-hydrogen) atoms. The molecule has 0 aromatic carbocycles. The lowest BCUT2D eigenvalue weighted by Crippen LogP contribution is -2.68. The van der Waals surface area contributed by atoms with Gasteiger partial charge in [0.15, 0.2) is 0 Å². The number of hydrogen-bond acceptors (Lipinski definition) is 6. The van der Waals surface area contributed by atoms with Gasteiger partial charge in [-0.2, -0.15) is 0 Å². The molecule has 3 aliphatic rings. The molecule has 0 radical (unpaired) electrons. The van der Waals surface area contributed by atoms with Crippen LogP contribution in [-0.2, 0) is 16.0 Å². The lowest BCUT2D eigenvalue weighted by atomic mass is 10.0. The Bertz CT molecular complexity index is 656. The number of ether oxygens (including phenoxy) is 1.